The Bertz CT molecular complexity index is 215. The highest BCUT2D eigenvalue weighted by Crippen LogP contribution is 2.02. The van der Waals surface area contributed by atoms with Gasteiger partial charge in [0.2, 0.25) is 5.91 Å². The van der Waals surface area contributed by atoms with Gasteiger partial charge >= 0.3 is 0 Å². The number of carbonyl (C=O) groups excluding carboxylic acids is 1. The molecular weight excluding hydrogens is 226 g/mol. The van der Waals surface area contributed by atoms with E-state index in [1.165, 1.54) is 0 Å². The van der Waals surface area contributed by atoms with Crippen molar-refractivity contribution < 1.29 is 4.79 Å². The van der Waals surface area contributed by atoms with Crippen LogP contribution in [0.25, 0.3) is 0 Å². The second-order valence-electron chi connectivity index (χ2n) is 3.85. The highest BCUT2D eigenvalue weighted by molar-refractivity contribution is 5.85. The van der Waals surface area contributed by atoms with Crippen LogP contribution in [-0.4, -0.2) is 49.6 Å². The van der Waals surface area contributed by atoms with Crippen LogP contribution in [0.5, 0.6) is 0 Å². The molecule has 0 radical (unpaired) electrons. The highest BCUT2D eigenvalue weighted by atomic mass is 35.5. The second-order valence-corrected chi connectivity index (χ2v) is 3.85. The molecule has 0 aromatic rings. The molecule has 1 aliphatic heterocycles. The molecule has 1 rings (SSSR count). The van der Waals surface area contributed by atoms with Crippen molar-refractivity contribution >= 4 is 18.3 Å². The van der Waals surface area contributed by atoms with Crippen LogP contribution in [0.1, 0.15) is 13.3 Å². The van der Waals surface area contributed by atoms with Gasteiger partial charge in [-0.2, -0.15) is 0 Å². The lowest BCUT2D eigenvalue weighted by atomic mass is 10.2. The van der Waals surface area contributed by atoms with Gasteiger partial charge < -0.3 is 10.6 Å². The van der Waals surface area contributed by atoms with Crippen LogP contribution in [-0.2, 0) is 4.79 Å². The second kappa shape index (κ2) is 8.56. The Hall–Kier alpha value is -0.580. The van der Waals surface area contributed by atoms with Crippen LogP contribution in [0.15, 0.2) is 12.7 Å². The average molecular weight is 248 g/mol. The van der Waals surface area contributed by atoms with Crippen molar-refractivity contribution in [2.24, 2.45) is 0 Å². The topological polar surface area (TPSA) is 44.4 Å². The summed E-state index contributed by atoms with van der Waals surface area (Å²) < 4.78 is 0. The van der Waals surface area contributed by atoms with Crippen LogP contribution in [0, 0.1) is 0 Å². The van der Waals surface area contributed by atoms with Crippen LogP contribution in [0.4, 0.5) is 0 Å². The lowest BCUT2D eigenvalue weighted by Crippen LogP contribution is -2.46. The molecule has 0 aromatic carbocycles. The quantitative estimate of drug-likeness (QED) is 0.707. The molecular formula is C11H22ClN3O. The monoisotopic (exact) mass is 247 g/mol. The van der Waals surface area contributed by atoms with Crippen LogP contribution in [0.3, 0.4) is 0 Å². The predicted molar refractivity (Wildman–Crippen MR) is 69.0 cm³/mol. The molecule has 0 bridgehead atoms. The number of nitrogens with zero attached hydrogens (tertiary/aromatic N) is 1. The van der Waals surface area contributed by atoms with Crippen molar-refractivity contribution in [3.63, 3.8) is 0 Å². The van der Waals surface area contributed by atoms with Crippen LogP contribution < -0.4 is 10.6 Å². The first-order valence-electron chi connectivity index (χ1n) is 5.59. The van der Waals surface area contributed by atoms with Crippen molar-refractivity contribution in [1.82, 2.24) is 15.5 Å². The fourth-order valence-electron chi connectivity index (χ4n) is 1.74. The Labute approximate surface area is 104 Å². The molecule has 5 heteroatoms. The highest BCUT2D eigenvalue weighted by Gasteiger charge is 2.20. The number of hydrogen-bond donors (Lipinski definition) is 2. The standard InChI is InChI=1S/C11H21N3O.ClH/c1-3-5-13-11(15)10(2)14-8-4-6-12-7-9-14;/h3,10,12H,1,4-9H2,2H3,(H,13,15);1H. The van der Waals surface area contributed by atoms with Gasteiger partial charge in [-0.25, -0.2) is 0 Å². The summed E-state index contributed by atoms with van der Waals surface area (Å²) in [6.07, 6.45) is 2.81. The van der Waals surface area contributed by atoms with Gasteiger partial charge in [-0.3, -0.25) is 9.69 Å². The van der Waals surface area contributed by atoms with E-state index in [4.69, 9.17) is 0 Å². The summed E-state index contributed by atoms with van der Waals surface area (Å²) in [6, 6.07) is -0.0372. The fraction of sp³-hybridized carbons (Fsp3) is 0.727. The van der Waals surface area contributed by atoms with E-state index in [0.717, 1.165) is 32.6 Å². The van der Waals surface area contributed by atoms with E-state index in [1.807, 2.05) is 6.92 Å². The lowest BCUT2D eigenvalue weighted by Gasteiger charge is -2.26. The summed E-state index contributed by atoms with van der Waals surface area (Å²) in [7, 11) is 0. The minimum absolute atomic E-state index is 0. The van der Waals surface area contributed by atoms with Crippen molar-refractivity contribution in [3.05, 3.63) is 12.7 Å². The third-order valence-corrected chi connectivity index (χ3v) is 2.72. The van der Waals surface area contributed by atoms with Crippen molar-refractivity contribution in [2.45, 2.75) is 19.4 Å². The normalized spacial score (nSPS) is 19.1. The molecule has 1 aliphatic rings. The molecule has 0 aliphatic carbocycles. The van der Waals surface area contributed by atoms with E-state index >= 15 is 0 Å². The van der Waals surface area contributed by atoms with Crippen molar-refractivity contribution in [2.75, 3.05) is 32.7 Å². The van der Waals surface area contributed by atoms with Crippen molar-refractivity contribution in [1.29, 1.82) is 0 Å². The Morgan fingerprint density at radius 3 is 3.00 bits per heavy atom. The van der Waals surface area contributed by atoms with Gasteiger partial charge in [0.05, 0.1) is 6.04 Å². The Morgan fingerprint density at radius 1 is 1.56 bits per heavy atom. The third kappa shape index (κ3) is 4.96. The maximum atomic E-state index is 11.7. The number of amides is 1. The molecule has 0 saturated carbocycles. The number of nitrogens with one attached hydrogen (secondary N) is 2. The first-order valence-corrected chi connectivity index (χ1v) is 5.59. The van der Waals surface area contributed by atoms with E-state index in [9.17, 15) is 4.79 Å². The average Bonchev–Trinajstić information content (AvgIpc) is 2.53. The summed E-state index contributed by atoms with van der Waals surface area (Å²) in [5, 5.41) is 6.16. The van der Waals surface area contributed by atoms with Gasteiger partial charge in [0.15, 0.2) is 0 Å². The molecule has 1 atom stereocenters. The molecule has 1 heterocycles. The van der Waals surface area contributed by atoms with Gasteiger partial charge in [-0.05, 0) is 19.9 Å². The number of carbonyl (C=O) groups is 1. The largest absolute Gasteiger partial charge is 0.351 e. The molecule has 4 nitrogen and oxygen atoms in total. The minimum Gasteiger partial charge on any atom is -0.351 e. The lowest BCUT2D eigenvalue weighted by molar-refractivity contribution is -0.125. The zero-order valence-corrected chi connectivity index (χ0v) is 10.7. The summed E-state index contributed by atoms with van der Waals surface area (Å²) in [4.78, 5) is 13.9. The zero-order valence-electron chi connectivity index (χ0n) is 9.87. The first-order chi connectivity index (χ1) is 7.25. The maximum Gasteiger partial charge on any atom is 0.237 e. The van der Waals surface area contributed by atoms with Gasteiger partial charge in [0.1, 0.15) is 0 Å². The molecule has 1 fully saturated rings. The third-order valence-electron chi connectivity index (χ3n) is 2.72. The molecule has 1 saturated heterocycles. The molecule has 1 amide bonds. The molecule has 2 N–H and O–H groups in total. The Balaban J connectivity index is 0.00000225. The Morgan fingerprint density at radius 2 is 2.31 bits per heavy atom. The smallest absolute Gasteiger partial charge is 0.237 e. The SMILES string of the molecule is C=CCNC(=O)C(C)N1CCCNCC1.Cl. The molecule has 94 valence electrons. The number of rotatable bonds is 4. The summed E-state index contributed by atoms with van der Waals surface area (Å²) >= 11 is 0. The van der Waals surface area contributed by atoms with Gasteiger partial charge in [-0.1, -0.05) is 6.08 Å². The van der Waals surface area contributed by atoms with Gasteiger partial charge in [0.25, 0.3) is 0 Å². The van der Waals surface area contributed by atoms with E-state index < -0.39 is 0 Å². The predicted octanol–water partition coefficient (Wildman–Crippen LogP) is 0.394. The fourth-order valence-corrected chi connectivity index (χ4v) is 1.74. The Kier molecular flexibility index (Phi) is 8.25. The van der Waals surface area contributed by atoms with Crippen LogP contribution in [0.2, 0.25) is 0 Å². The summed E-state index contributed by atoms with van der Waals surface area (Å²) in [5.41, 5.74) is 0. The van der Waals surface area contributed by atoms with Gasteiger partial charge in [0, 0.05) is 26.2 Å². The summed E-state index contributed by atoms with van der Waals surface area (Å²) in [6.45, 7) is 10.1. The zero-order chi connectivity index (χ0) is 11.1. The molecule has 16 heavy (non-hydrogen) atoms. The molecule has 1 unspecified atom stereocenters. The number of halogens is 1. The number of hydrogen-bond acceptors (Lipinski definition) is 3. The van der Waals surface area contributed by atoms with E-state index in [1.54, 1.807) is 6.08 Å². The minimum atomic E-state index is -0.0372. The first kappa shape index (κ1) is 15.4. The van der Waals surface area contributed by atoms with E-state index in [0.29, 0.717) is 6.54 Å². The summed E-state index contributed by atoms with van der Waals surface area (Å²) in [5.74, 6) is 0.0943. The van der Waals surface area contributed by atoms with Crippen LogP contribution >= 0.6 is 12.4 Å². The van der Waals surface area contributed by atoms with E-state index in [2.05, 4.69) is 22.1 Å². The van der Waals surface area contributed by atoms with Gasteiger partial charge in [-0.15, -0.1) is 19.0 Å². The maximum absolute atomic E-state index is 11.7. The van der Waals surface area contributed by atoms with Crippen molar-refractivity contribution in [3.8, 4) is 0 Å². The van der Waals surface area contributed by atoms with E-state index in [-0.39, 0.29) is 24.4 Å². The molecule has 0 spiro atoms. The molecule has 0 aromatic heterocycles.